The van der Waals surface area contributed by atoms with Crippen molar-refractivity contribution in [3.8, 4) is 5.75 Å². The summed E-state index contributed by atoms with van der Waals surface area (Å²) in [5.74, 6) is 0.598. The van der Waals surface area contributed by atoms with Crippen LogP contribution in [0.5, 0.6) is 5.75 Å². The molecule has 1 aromatic carbocycles. The Labute approximate surface area is 139 Å². The quantitative estimate of drug-likeness (QED) is 0.777. The smallest absolute Gasteiger partial charge is 0.255 e. The van der Waals surface area contributed by atoms with E-state index in [9.17, 15) is 4.79 Å². The minimum Gasteiger partial charge on any atom is -0.492 e. The van der Waals surface area contributed by atoms with E-state index in [1.807, 2.05) is 31.2 Å². The van der Waals surface area contributed by atoms with Crippen molar-refractivity contribution in [3.63, 3.8) is 0 Å². The second-order valence-corrected chi connectivity index (χ2v) is 5.65. The molecule has 0 spiro atoms. The van der Waals surface area contributed by atoms with Gasteiger partial charge in [0.25, 0.3) is 5.91 Å². The molecule has 1 aromatic heterocycles. The van der Waals surface area contributed by atoms with Gasteiger partial charge < -0.3 is 9.64 Å². The maximum absolute atomic E-state index is 12.2. The first-order valence-corrected chi connectivity index (χ1v) is 7.49. The average molecular weight is 339 g/mol. The Morgan fingerprint density at radius 2 is 1.95 bits per heavy atom. The molecule has 0 bridgehead atoms. The molecule has 1 heterocycles. The molecule has 22 heavy (non-hydrogen) atoms. The maximum atomic E-state index is 12.2. The number of aryl methyl sites for hydroxylation is 1. The third kappa shape index (κ3) is 4.36. The summed E-state index contributed by atoms with van der Waals surface area (Å²) in [6.45, 7) is 2.87. The summed E-state index contributed by atoms with van der Waals surface area (Å²) in [6, 6.07) is 9.27. The Kier molecular flexibility index (Phi) is 5.63. The van der Waals surface area contributed by atoms with Crippen LogP contribution in [0, 0.1) is 6.92 Å². The van der Waals surface area contributed by atoms with Crippen molar-refractivity contribution < 1.29 is 9.53 Å². The van der Waals surface area contributed by atoms with Crippen molar-refractivity contribution in [3.05, 3.63) is 57.8 Å². The molecular formula is C16H16Cl2N2O2. The Morgan fingerprint density at radius 1 is 1.27 bits per heavy atom. The van der Waals surface area contributed by atoms with Gasteiger partial charge in [-0.05, 0) is 25.1 Å². The summed E-state index contributed by atoms with van der Waals surface area (Å²) < 4.78 is 5.60. The molecule has 0 fully saturated rings. The van der Waals surface area contributed by atoms with Crippen LogP contribution < -0.4 is 4.74 Å². The molecule has 0 aliphatic rings. The van der Waals surface area contributed by atoms with Gasteiger partial charge in [-0.15, -0.1) is 0 Å². The van der Waals surface area contributed by atoms with E-state index in [4.69, 9.17) is 27.9 Å². The molecule has 4 nitrogen and oxygen atoms in total. The summed E-state index contributed by atoms with van der Waals surface area (Å²) in [5, 5.41) is 0.445. The van der Waals surface area contributed by atoms with Crippen LogP contribution in [0.2, 0.25) is 10.2 Å². The second kappa shape index (κ2) is 7.47. The van der Waals surface area contributed by atoms with Crippen LogP contribution >= 0.6 is 23.2 Å². The zero-order valence-corrected chi connectivity index (χ0v) is 13.9. The van der Waals surface area contributed by atoms with Gasteiger partial charge in [0.2, 0.25) is 0 Å². The molecule has 2 rings (SSSR count). The highest BCUT2D eigenvalue weighted by atomic mass is 35.5. The fourth-order valence-corrected chi connectivity index (χ4v) is 2.06. The van der Waals surface area contributed by atoms with Gasteiger partial charge >= 0.3 is 0 Å². The highest BCUT2D eigenvalue weighted by molar-refractivity contribution is 6.41. The van der Waals surface area contributed by atoms with Gasteiger partial charge in [-0.25, -0.2) is 4.98 Å². The molecule has 0 atom stereocenters. The van der Waals surface area contributed by atoms with Gasteiger partial charge in [0.05, 0.1) is 17.1 Å². The average Bonchev–Trinajstić information content (AvgIpc) is 2.51. The number of likely N-dealkylation sites (N-methyl/N-ethyl adjacent to an activating group) is 1. The summed E-state index contributed by atoms with van der Waals surface area (Å²) in [5.41, 5.74) is 1.57. The van der Waals surface area contributed by atoms with E-state index in [0.29, 0.717) is 18.7 Å². The van der Waals surface area contributed by atoms with E-state index in [1.54, 1.807) is 11.9 Å². The largest absolute Gasteiger partial charge is 0.492 e. The number of hydrogen-bond donors (Lipinski definition) is 0. The molecule has 116 valence electrons. The molecular weight excluding hydrogens is 323 g/mol. The van der Waals surface area contributed by atoms with Crippen molar-refractivity contribution in [1.29, 1.82) is 0 Å². The summed E-state index contributed by atoms with van der Waals surface area (Å²) in [7, 11) is 1.70. The predicted octanol–water partition coefficient (Wildman–Crippen LogP) is 3.85. The summed E-state index contributed by atoms with van der Waals surface area (Å²) in [4.78, 5) is 17.6. The maximum Gasteiger partial charge on any atom is 0.255 e. The van der Waals surface area contributed by atoms with Crippen molar-refractivity contribution >= 4 is 29.1 Å². The van der Waals surface area contributed by atoms with Crippen LogP contribution in [-0.4, -0.2) is 36.0 Å². The van der Waals surface area contributed by atoms with E-state index < -0.39 is 0 Å². The normalized spacial score (nSPS) is 10.4. The summed E-state index contributed by atoms with van der Waals surface area (Å²) >= 11 is 11.6. The minimum absolute atomic E-state index is 0.182. The van der Waals surface area contributed by atoms with Crippen LogP contribution in [0.15, 0.2) is 36.5 Å². The molecule has 0 saturated carbocycles. The first-order chi connectivity index (χ1) is 10.5. The molecule has 0 radical (unpaired) electrons. The Hall–Kier alpha value is -1.78. The van der Waals surface area contributed by atoms with E-state index in [-0.39, 0.29) is 16.1 Å². The van der Waals surface area contributed by atoms with Gasteiger partial charge in [-0.2, -0.15) is 0 Å². The van der Waals surface area contributed by atoms with Crippen molar-refractivity contribution in [2.24, 2.45) is 0 Å². The molecule has 0 unspecified atom stereocenters. The number of nitrogens with zero attached hydrogens (tertiary/aromatic N) is 2. The minimum atomic E-state index is -0.182. The van der Waals surface area contributed by atoms with E-state index in [0.717, 1.165) is 5.75 Å². The highest BCUT2D eigenvalue weighted by Gasteiger charge is 2.13. The van der Waals surface area contributed by atoms with Crippen molar-refractivity contribution in [2.45, 2.75) is 6.92 Å². The van der Waals surface area contributed by atoms with E-state index in [1.165, 1.54) is 17.8 Å². The number of carbonyl (C=O) groups is 1. The van der Waals surface area contributed by atoms with Crippen LogP contribution in [0.25, 0.3) is 0 Å². The monoisotopic (exact) mass is 338 g/mol. The molecule has 0 N–H and O–H groups in total. The van der Waals surface area contributed by atoms with Crippen molar-refractivity contribution in [2.75, 3.05) is 20.2 Å². The Bertz CT molecular complexity index is 660. The lowest BCUT2D eigenvalue weighted by molar-refractivity contribution is 0.0773. The lowest BCUT2D eigenvalue weighted by atomic mass is 10.2. The van der Waals surface area contributed by atoms with Gasteiger partial charge in [-0.3, -0.25) is 4.79 Å². The van der Waals surface area contributed by atoms with Crippen LogP contribution in [0.1, 0.15) is 15.9 Å². The van der Waals surface area contributed by atoms with Gasteiger partial charge in [0.1, 0.15) is 17.5 Å². The number of rotatable bonds is 5. The number of carbonyl (C=O) groups excluding carboxylic acids is 1. The lowest BCUT2D eigenvalue weighted by Gasteiger charge is -2.17. The number of aromatic nitrogens is 1. The van der Waals surface area contributed by atoms with Gasteiger partial charge in [-0.1, -0.05) is 40.9 Å². The second-order valence-electron chi connectivity index (χ2n) is 4.88. The predicted molar refractivity (Wildman–Crippen MR) is 87.9 cm³/mol. The zero-order valence-electron chi connectivity index (χ0n) is 12.3. The van der Waals surface area contributed by atoms with Crippen LogP contribution in [-0.2, 0) is 0 Å². The molecule has 0 aliphatic heterocycles. The first-order valence-electron chi connectivity index (χ1n) is 6.73. The Balaban J connectivity index is 1.88. The molecule has 1 amide bonds. The standard InChI is InChI=1S/C16H16Cl2N2O2/c1-11-3-5-13(6-4-11)22-8-7-20(2)16(21)12-9-14(17)15(18)19-10-12/h3-6,9-10H,7-8H2,1-2H3. The number of ether oxygens (including phenoxy) is 1. The third-order valence-corrected chi connectivity index (χ3v) is 3.79. The SMILES string of the molecule is Cc1ccc(OCCN(C)C(=O)c2cnc(Cl)c(Cl)c2)cc1. The molecule has 2 aromatic rings. The number of hydrogen-bond acceptors (Lipinski definition) is 3. The number of amides is 1. The van der Waals surface area contributed by atoms with Gasteiger partial charge in [0.15, 0.2) is 0 Å². The number of pyridine rings is 1. The van der Waals surface area contributed by atoms with Crippen molar-refractivity contribution in [1.82, 2.24) is 9.88 Å². The zero-order chi connectivity index (χ0) is 16.1. The fourth-order valence-electron chi connectivity index (χ4n) is 1.80. The fraction of sp³-hybridized carbons (Fsp3) is 0.250. The lowest BCUT2D eigenvalue weighted by Crippen LogP contribution is -2.31. The number of halogens is 2. The van der Waals surface area contributed by atoms with E-state index in [2.05, 4.69) is 4.98 Å². The first kappa shape index (κ1) is 16.6. The third-order valence-electron chi connectivity index (χ3n) is 3.11. The van der Waals surface area contributed by atoms with Gasteiger partial charge in [0, 0.05) is 13.2 Å². The number of benzene rings is 1. The molecule has 0 saturated heterocycles. The van der Waals surface area contributed by atoms with Crippen LogP contribution in [0.3, 0.4) is 0 Å². The Morgan fingerprint density at radius 3 is 2.59 bits per heavy atom. The van der Waals surface area contributed by atoms with E-state index >= 15 is 0 Å². The topological polar surface area (TPSA) is 42.4 Å². The molecule has 6 heteroatoms. The van der Waals surface area contributed by atoms with Crippen LogP contribution in [0.4, 0.5) is 0 Å². The molecule has 0 aliphatic carbocycles. The summed E-state index contributed by atoms with van der Waals surface area (Å²) in [6.07, 6.45) is 1.41. The highest BCUT2D eigenvalue weighted by Crippen LogP contribution is 2.20.